The molecule has 0 N–H and O–H groups in total. The molecule has 2 nitrogen and oxygen atoms in total. The summed E-state index contributed by atoms with van der Waals surface area (Å²) in [6, 6.07) is 6.65. The largest absolute Gasteiger partial charge is 0.285 e. The number of aromatic nitrogens is 1. The minimum absolute atomic E-state index is 0.215. The van der Waals surface area contributed by atoms with Crippen LogP contribution in [0.1, 0.15) is 34.4 Å². The molecule has 34 rings (SSSR count). The van der Waals surface area contributed by atoms with Crippen molar-refractivity contribution in [3.8, 4) is 0 Å². The van der Waals surface area contributed by atoms with Crippen LogP contribution in [0.15, 0.2) is 30.5 Å². The summed E-state index contributed by atoms with van der Waals surface area (Å²) >= 11 is 0. The lowest BCUT2D eigenvalue weighted by Crippen LogP contribution is -2.55. The zero-order valence-corrected chi connectivity index (χ0v) is 37.1. The average molecular weight is 881 g/mol. The van der Waals surface area contributed by atoms with Crippen molar-refractivity contribution in [2.45, 2.75) is 23.4 Å². The van der Waals surface area contributed by atoms with E-state index in [0.717, 1.165) is 12.1 Å². The average Bonchev–Trinajstić information content (AvgIpc) is 4.41. The number of benzene rings is 18. The Labute approximate surface area is 393 Å². The smallest absolute Gasteiger partial charge is 0.0883 e. The highest BCUT2D eigenvalue weighted by Crippen LogP contribution is 2.86. The van der Waals surface area contributed by atoms with E-state index in [0.29, 0.717) is 0 Å². The molecule has 29 aromatic rings. The van der Waals surface area contributed by atoms with Gasteiger partial charge in [-0.1, -0.05) is 12.1 Å². The van der Waals surface area contributed by atoms with Crippen LogP contribution in [0.5, 0.6) is 0 Å². The molecule has 2 heterocycles. The second-order valence-corrected chi connectivity index (χ2v) is 26.4. The highest BCUT2D eigenvalue weighted by atomic mass is 15.3. The van der Waals surface area contributed by atoms with Crippen molar-refractivity contribution >= 4 is 297 Å². The van der Waals surface area contributed by atoms with E-state index in [1.165, 1.54) is 0 Å². The monoisotopic (exact) mass is 880 g/mol. The molecule has 5 aliphatic rings. The topological polar surface area (TPSA) is 16.1 Å². The molecule has 1 unspecified atom stereocenters. The lowest BCUT2D eigenvalue weighted by molar-refractivity contribution is 0.162. The summed E-state index contributed by atoms with van der Waals surface area (Å²) in [5, 5.41) is 89.9. The second-order valence-electron chi connectivity index (χ2n) is 26.4. The van der Waals surface area contributed by atoms with Gasteiger partial charge in [-0.2, -0.15) is 0 Å². The highest BCUT2D eigenvalue weighted by Gasteiger charge is 2.74. The number of pyridine rings is 1. The molecule has 4 aliphatic carbocycles. The predicted octanol–water partition coefficient (Wildman–Crippen LogP) is 18.1. The van der Waals surface area contributed by atoms with Crippen LogP contribution in [0.25, 0.3) is 297 Å². The fraction of sp³-hybridized carbons (Fsp3) is 0.0714. The summed E-state index contributed by atoms with van der Waals surface area (Å²) in [6.07, 6.45) is 8.07. The highest BCUT2D eigenvalue weighted by molar-refractivity contribution is 6.82. The van der Waals surface area contributed by atoms with Crippen molar-refractivity contribution in [2.75, 3.05) is 7.05 Å². The van der Waals surface area contributed by atoms with Gasteiger partial charge in [-0.15, -0.1) is 0 Å². The van der Waals surface area contributed by atoms with Crippen molar-refractivity contribution in [2.24, 2.45) is 0 Å². The second kappa shape index (κ2) is 6.20. The Morgan fingerprint density at radius 2 is 0.569 bits per heavy atom. The molecular weight excluding hydrogens is 869 g/mol. The van der Waals surface area contributed by atoms with Crippen molar-refractivity contribution in [1.29, 1.82) is 0 Å². The van der Waals surface area contributed by atoms with Crippen LogP contribution in [0.4, 0.5) is 0 Å². The van der Waals surface area contributed by atoms with E-state index in [1.54, 1.807) is 313 Å². The van der Waals surface area contributed by atoms with Gasteiger partial charge < -0.3 is 0 Å². The number of likely N-dealkylation sites (tertiary alicyclic amines) is 1. The number of hydrogen-bond acceptors (Lipinski definition) is 2. The van der Waals surface area contributed by atoms with Gasteiger partial charge in [-0.25, -0.2) is 0 Å². The third kappa shape index (κ3) is 1.45. The third-order valence-electron chi connectivity index (χ3n) is 26.2. The summed E-state index contributed by atoms with van der Waals surface area (Å²) in [5.74, 6) is 0. The van der Waals surface area contributed by atoms with E-state index in [9.17, 15) is 0 Å². The molecule has 72 heavy (non-hydrogen) atoms. The zero-order chi connectivity index (χ0) is 42.9. The number of rotatable bonds is 2. The Kier molecular flexibility index (Phi) is 2.33. The van der Waals surface area contributed by atoms with Crippen LogP contribution in [0, 0.1) is 0 Å². The summed E-state index contributed by atoms with van der Waals surface area (Å²) < 4.78 is 0. The first-order chi connectivity index (χ1) is 35.8. The van der Waals surface area contributed by atoms with Gasteiger partial charge in [0.25, 0.3) is 0 Å². The minimum atomic E-state index is -0.364. The molecule has 28 aromatic carbocycles. The van der Waals surface area contributed by atoms with E-state index in [4.69, 9.17) is 4.98 Å². The molecule has 1 aromatic heterocycles. The standard InChI is InChI=1S/C70H12N2/c1-72-10(6-5-9-4-2-3-7-71-9)8-69-65-57-49-39-29-21-13-11-12-15-19-17(13)25-33-27(19)37-31-23(15)24-16(12)20-18-14(11)22(21)30-36-26(18)34-28(20)38-32(24)42-41(31)53-47(37)55-45(33)51(43(49)35(25)29)59(65)61(55)67-63(53)64-54(42)48(38)56-46(34)52-44(36)50(40(30)39)58(57)66(69)60(52)62(56)68(64)70(67,69)72/h2-7,10H,8H2,1H3/b6-5-. The quantitative estimate of drug-likeness (QED) is 0.161. The van der Waals surface area contributed by atoms with Crippen molar-refractivity contribution < 1.29 is 0 Å². The van der Waals surface area contributed by atoms with Crippen LogP contribution in [-0.4, -0.2) is 23.0 Å². The maximum Gasteiger partial charge on any atom is 0.0883 e. The molecule has 0 saturated carbocycles. The van der Waals surface area contributed by atoms with Gasteiger partial charge in [0.1, 0.15) is 0 Å². The van der Waals surface area contributed by atoms with Crippen molar-refractivity contribution in [3.63, 3.8) is 0 Å². The maximum absolute atomic E-state index is 4.92. The summed E-state index contributed by atoms with van der Waals surface area (Å²) in [4.78, 5) is 7.97. The molecule has 1 aliphatic heterocycles. The minimum Gasteiger partial charge on any atom is -0.285 e. The lowest BCUT2D eigenvalue weighted by Gasteiger charge is -2.52. The normalized spacial score (nSPS) is 23.7. The molecule has 2 heteroatoms. The summed E-state index contributed by atoms with van der Waals surface area (Å²) in [5.41, 5.74) is 7.43. The number of hydrogen-bond donors (Lipinski definition) is 0. The van der Waals surface area contributed by atoms with E-state index >= 15 is 0 Å². The molecule has 0 amide bonds. The predicted molar refractivity (Wildman–Crippen MR) is 303 cm³/mol. The molecule has 0 bridgehead atoms. The third-order valence-corrected chi connectivity index (χ3v) is 26.2. The van der Waals surface area contributed by atoms with Gasteiger partial charge in [-0.3, -0.25) is 9.88 Å². The summed E-state index contributed by atoms with van der Waals surface area (Å²) in [7, 11) is 2.62. The number of nitrogens with zero attached hydrogens (tertiary/aromatic N) is 2. The number of likely N-dealkylation sites (N-methyl/N-ethyl adjacent to an activating group) is 1. The molecule has 0 radical (unpaired) electrons. The first-order valence-corrected chi connectivity index (χ1v) is 26.9. The SMILES string of the molecule is CN1C(/C=C\c2ccccn2)CC23c4c5c6c7c8c9c(c%10c%11c2c2c4c4c%12c5c5c6c6c8c8c%13c9c9c%10c%10c%11c%11c2c2c4c4c%12c%12c5c5c6c8c6c8c%13c9c9c%10c%10c%11c2c2c4c4c%12c5c6c5c8c9c%10c2c45)C713. The van der Waals surface area contributed by atoms with Crippen LogP contribution < -0.4 is 0 Å². The van der Waals surface area contributed by atoms with Crippen molar-refractivity contribution in [3.05, 3.63) is 58.4 Å². The Morgan fingerprint density at radius 1 is 0.333 bits per heavy atom. The molecule has 302 valence electrons. The molecule has 1 saturated heterocycles. The van der Waals surface area contributed by atoms with E-state index in [1.807, 2.05) is 6.20 Å². The molecular formula is C70H12N2. The van der Waals surface area contributed by atoms with E-state index in [-0.39, 0.29) is 17.0 Å². The van der Waals surface area contributed by atoms with Crippen LogP contribution in [0.2, 0.25) is 0 Å². The van der Waals surface area contributed by atoms with Gasteiger partial charge in [-0.05, 0) is 345 Å². The van der Waals surface area contributed by atoms with Gasteiger partial charge in [0.15, 0.2) is 0 Å². The van der Waals surface area contributed by atoms with E-state index in [2.05, 4.69) is 42.3 Å². The maximum atomic E-state index is 4.92. The van der Waals surface area contributed by atoms with Crippen LogP contribution >= 0.6 is 0 Å². The van der Waals surface area contributed by atoms with E-state index < -0.39 is 0 Å². The van der Waals surface area contributed by atoms with Crippen molar-refractivity contribution in [1.82, 2.24) is 9.88 Å². The van der Waals surface area contributed by atoms with Gasteiger partial charge in [0, 0.05) is 12.2 Å². The first-order valence-electron chi connectivity index (χ1n) is 26.9. The Hall–Kier alpha value is -8.69. The molecule has 2 spiro atoms. The molecule has 1 atom stereocenters. The first kappa shape index (κ1) is 27.1. The fourth-order valence-corrected chi connectivity index (χ4v) is 26.0. The lowest BCUT2D eigenvalue weighted by atomic mass is 9.53. The Morgan fingerprint density at radius 3 is 0.806 bits per heavy atom. The zero-order valence-electron chi connectivity index (χ0n) is 37.1. The Balaban J connectivity index is 1.12. The summed E-state index contributed by atoms with van der Waals surface area (Å²) in [6.45, 7) is 0. The van der Waals surface area contributed by atoms with Gasteiger partial charge in [0.05, 0.1) is 16.6 Å². The van der Waals surface area contributed by atoms with Crippen LogP contribution in [0.3, 0.4) is 0 Å². The van der Waals surface area contributed by atoms with Gasteiger partial charge in [0.2, 0.25) is 0 Å². The fourth-order valence-electron chi connectivity index (χ4n) is 26.0. The van der Waals surface area contributed by atoms with Crippen LogP contribution in [-0.2, 0) is 11.0 Å². The Bertz CT molecular complexity index is 7270. The van der Waals surface area contributed by atoms with Gasteiger partial charge >= 0.3 is 0 Å². The molecule has 1 fully saturated rings.